The summed E-state index contributed by atoms with van der Waals surface area (Å²) in [6, 6.07) is 1.59. The Labute approximate surface area is 147 Å². The Morgan fingerprint density at radius 2 is 1.96 bits per heavy atom. The molecule has 2 amide bonds. The lowest BCUT2D eigenvalue weighted by atomic mass is 9.97. The van der Waals surface area contributed by atoms with Gasteiger partial charge in [0.25, 0.3) is 0 Å². The van der Waals surface area contributed by atoms with Crippen LogP contribution in [0.25, 0.3) is 11.0 Å². The Balaban J connectivity index is 1.78. The molecule has 0 unspecified atom stereocenters. The fourth-order valence-corrected chi connectivity index (χ4v) is 3.51. The number of fused-ring (bicyclic) bond motifs is 1. The lowest BCUT2D eigenvalue weighted by molar-refractivity contribution is -0.126. The van der Waals surface area contributed by atoms with E-state index in [1.165, 1.54) is 6.92 Å². The summed E-state index contributed by atoms with van der Waals surface area (Å²) in [6.07, 6.45) is 7.54. The third-order valence-electron chi connectivity index (χ3n) is 4.70. The van der Waals surface area contributed by atoms with Crippen LogP contribution in [0.15, 0.2) is 18.5 Å². The molecule has 2 heterocycles. The topological polar surface area (TPSA) is 88.9 Å². The summed E-state index contributed by atoms with van der Waals surface area (Å²) in [4.78, 5) is 28.6. The summed E-state index contributed by atoms with van der Waals surface area (Å²) < 4.78 is 1.85. The van der Waals surface area contributed by atoms with E-state index in [0.717, 1.165) is 36.7 Å². The summed E-state index contributed by atoms with van der Waals surface area (Å²) in [5.74, 6) is -0.164. The first kappa shape index (κ1) is 17.4. The van der Waals surface area contributed by atoms with Crippen molar-refractivity contribution in [3.05, 3.63) is 18.5 Å². The van der Waals surface area contributed by atoms with E-state index in [0.29, 0.717) is 5.69 Å². The maximum absolute atomic E-state index is 12.7. The predicted molar refractivity (Wildman–Crippen MR) is 96.1 cm³/mol. The van der Waals surface area contributed by atoms with Gasteiger partial charge in [-0.25, -0.2) is 9.67 Å². The fraction of sp³-hybridized carbons (Fsp3) is 0.556. The first-order valence-corrected chi connectivity index (χ1v) is 8.87. The number of anilines is 1. The van der Waals surface area contributed by atoms with Crippen molar-refractivity contribution in [3.8, 4) is 0 Å². The zero-order valence-electron chi connectivity index (χ0n) is 15.0. The maximum Gasteiger partial charge on any atom is 0.247 e. The van der Waals surface area contributed by atoms with Gasteiger partial charge in [0.15, 0.2) is 5.65 Å². The Morgan fingerprint density at radius 3 is 2.60 bits per heavy atom. The molecule has 0 aromatic carbocycles. The fourth-order valence-electron chi connectivity index (χ4n) is 3.51. The van der Waals surface area contributed by atoms with Crippen LogP contribution in [0.3, 0.4) is 0 Å². The van der Waals surface area contributed by atoms with Crippen molar-refractivity contribution in [1.82, 2.24) is 20.1 Å². The number of amides is 2. The van der Waals surface area contributed by atoms with Crippen LogP contribution < -0.4 is 10.6 Å². The molecule has 0 radical (unpaired) electrons. The number of rotatable bonds is 5. The number of carbonyl (C=O) groups is 2. The van der Waals surface area contributed by atoms with Gasteiger partial charge in [0.1, 0.15) is 6.04 Å². The average Bonchev–Trinajstić information content (AvgIpc) is 3.21. The van der Waals surface area contributed by atoms with Crippen molar-refractivity contribution in [2.24, 2.45) is 5.92 Å². The highest BCUT2D eigenvalue weighted by Crippen LogP contribution is 2.28. The van der Waals surface area contributed by atoms with Gasteiger partial charge in [-0.2, -0.15) is 5.10 Å². The van der Waals surface area contributed by atoms with Gasteiger partial charge in [-0.05, 0) is 38.7 Å². The van der Waals surface area contributed by atoms with Gasteiger partial charge < -0.3 is 10.6 Å². The number of hydrogen-bond acceptors (Lipinski definition) is 4. The number of hydrogen-bond donors (Lipinski definition) is 2. The van der Waals surface area contributed by atoms with Crippen LogP contribution in [0.2, 0.25) is 0 Å². The molecule has 1 atom stereocenters. The van der Waals surface area contributed by atoms with Crippen LogP contribution in [0, 0.1) is 5.92 Å². The van der Waals surface area contributed by atoms with Crippen LogP contribution >= 0.6 is 0 Å². The third kappa shape index (κ3) is 3.81. The van der Waals surface area contributed by atoms with Gasteiger partial charge in [0.05, 0.1) is 18.1 Å². The van der Waals surface area contributed by atoms with E-state index < -0.39 is 6.04 Å². The molecular weight excluding hydrogens is 318 g/mol. The zero-order chi connectivity index (χ0) is 18.0. The number of nitrogens with zero attached hydrogens (tertiary/aromatic N) is 3. The highest BCUT2D eigenvalue weighted by atomic mass is 16.2. The summed E-state index contributed by atoms with van der Waals surface area (Å²) in [6.45, 7) is 5.54. The van der Waals surface area contributed by atoms with Gasteiger partial charge >= 0.3 is 0 Å². The van der Waals surface area contributed by atoms with E-state index in [-0.39, 0.29) is 23.8 Å². The van der Waals surface area contributed by atoms with Gasteiger partial charge in [0, 0.05) is 18.4 Å². The minimum Gasteiger partial charge on any atom is -0.344 e. The molecular formula is C18H25N5O2. The summed E-state index contributed by atoms with van der Waals surface area (Å²) in [7, 11) is 0. The zero-order valence-corrected chi connectivity index (χ0v) is 15.0. The SMILES string of the molecule is CC(=O)N[C@H](C(=O)Nc1cnc2c(cnn2C(C)C)c1)C1CCCC1. The molecule has 3 rings (SSSR count). The van der Waals surface area contributed by atoms with E-state index in [1.807, 2.05) is 24.6 Å². The average molecular weight is 343 g/mol. The van der Waals surface area contributed by atoms with Gasteiger partial charge in [0.2, 0.25) is 11.8 Å². The van der Waals surface area contributed by atoms with E-state index in [9.17, 15) is 9.59 Å². The Morgan fingerprint density at radius 1 is 1.24 bits per heavy atom. The molecule has 0 aliphatic heterocycles. The quantitative estimate of drug-likeness (QED) is 0.873. The van der Waals surface area contributed by atoms with Crippen LogP contribution in [0.4, 0.5) is 5.69 Å². The first-order valence-electron chi connectivity index (χ1n) is 8.87. The summed E-state index contributed by atoms with van der Waals surface area (Å²) in [5, 5.41) is 10.9. The van der Waals surface area contributed by atoms with Crippen LogP contribution in [0.1, 0.15) is 52.5 Å². The normalized spacial score (nSPS) is 16.3. The highest BCUT2D eigenvalue weighted by Gasteiger charge is 2.31. The van der Waals surface area contributed by atoms with E-state index in [1.54, 1.807) is 12.4 Å². The lowest BCUT2D eigenvalue weighted by Crippen LogP contribution is -2.47. The largest absolute Gasteiger partial charge is 0.344 e. The summed E-state index contributed by atoms with van der Waals surface area (Å²) >= 11 is 0. The molecule has 7 nitrogen and oxygen atoms in total. The molecule has 0 bridgehead atoms. The van der Waals surface area contributed by atoms with Crippen molar-refractivity contribution in [2.45, 2.75) is 58.5 Å². The molecule has 134 valence electrons. The lowest BCUT2D eigenvalue weighted by Gasteiger charge is -2.23. The maximum atomic E-state index is 12.7. The van der Waals surface area contributed by atoms with Crippen LogP contribution in [-0.4, -0.2) is 32.6 Å². The molecule has 2 N–H and O–H groups in total. The van der Waals surface area contributed by atoms with Gasteiger partial charge in [-0.15, -0.1) is 0 Å². The smallest absolute Gasteiger partial charge is 0.247 e. The second kappa shape index (κ2) is 7.21. The van der Waals surface area contributed by atoms with E-state index >= 15 is 0 Å². The van der Waals surface area contributed by atoms with Crippen LogP contribution in [0.5, 0.6) is 0 Å². The number of nitrogens with one attached hydrogen (secondary N) is 2. The number of pyridine rings is 1. The molecule has 0 spiro atoms. The molecule has 1 aliphatic rings. The van der Waals surface area contributed by atoms with Crippen molar-refractivity contribution < 1.29 is 9.59 Å². The summed E-state index contributed by atoms with van der Waals surface area (Å²) in [5.41, 5.74) is 1.41. The van der Waals surface area contributed by atoms with Crippen molar-refractivity contribution in [2.75, 3.05) is 5.32 Å². The van der Waals surface area contributed by atoms with Crippen molar-refractivity contribution in [3.63, 3.8) is 0 Å². The molecule has 2 aromatic heterocycles. The Hall–Kier alpha value is -2.44. The molecule has 0 saturated heterocycles. The van der Waals surface area contributed by atoms with E-state index in [4.69, 9.17) is 0 Å². The second-order valence-corrected chi connectivity index (χ2v) is 7.03. The minimum atomic E-state index is -0.492. The molecule has 1 aliphatic carbocycles. The molecule has 1 saturated carbocycles. The third-order valence-corrected chi connectivity index (χ3v) is 4.70. The standard InChI is InChI=1S/C18H25N5O2/c1-11(2)23-17-14(9-20-23)8-15(10-19-17)22-18(25)16(21-12(3)24)13-6-4-5-7-13/h8-11,13,16H,4-7H2,1-3H3,(H,21,24)(H,22,25)/t16-/m0/s1. The minimum absolute atomic E-state index is 0.181. The number of carbonyl (C=O) groups excluding carboxylic acids is 2. The molecule has 25 heavy (non-hydrogen) atoms. The molecule has 2 aromatic rings. The first-order chi connectivity index (χ1) is 12.0. The van der Waals surface area contributed by atoms with E-state index in [2.05, 4.69) is 20.7 Å². The second-order valence-electron chi connectivity index (χ2n) is 7.03. The van der Waals surface area contributed by atoms with Gasteiger partial charge in [-0.1, -0.05) is 12.8 Å². The monoisotopic (exact) mass is 343 g/mol. The molecule has 7 heteroatoms. The van der Waals surface area contributed by atoms with Crippen molar-refractivity contribution in [1.29, 1.82) is 0 Å². The Kier molecular flexibility index (Phi) is 5.01. The van der Waals surface area contributed by atoms with Crippen LogP contribution in [-0.2, 0) is 9.59 Å². The molecule has 1 fully saturated rings. The van der Waals surface area contributed by atoms with Gasteiger partial charge in [-0.3, -0.25) is 9.59 Å². The highest BCUT2D eigenvalue weighted by molar-refractivity contribution is 5.98. The number of aromatic nitrogens is 3. The predicted octanol–water partition coefficient (Wildman–Crippen LogP) is 2.65. The van der Waals surface area contributed by atoms with Crippen molar-refractivity contribution >= 4 is 28.5 Å². The Bertz CT molecular complexity index is 777.